The number of sulfonamides is 1. The van der Waals surface area contributed by atoms with Crippen molar-refractivity contribution in [1.82, 2.24) is 49.5 Å². The van der Waals surface area contributed by atoms with Crippen molar-refractivity contribution < 1.29 is 46.7 Å². The molecule has 2 aromatic rings. The van der Waals surface area contributed by atoms with Crippen LogP contribution in [0.3, 0.4) is 0 Å². The summed E-state index contributed by atoms with van der Waals surface area (Å²) in [5, 5.41) is 10.7. The smallest absolute Gasteiger partial charge is 0.256 e. The second-order valence-corrected chi connectivity index (χ2v) is 20.9. The fraction of sp³-hybridized carbons (Fsp3) is 0.646. The predicted molar refractivity (Wildman–Crippen MR) is 261 cm³/mol. The monoisotopic (exact) mass is 996 g/mol. The molecule has 5 rings (SSSR count). The second kappa shape index (κ2) is 24.9. The van der Waals surface area contributed by atoms with Gasteiger partial charge in [-0.05, 0) is 36.7 Å². The van der Waals surface area contributed by atoms with Crippen molar-refractivity contribution in [3.63, 3.8) is 0 Å². The highest BCUT2D eigenvalue weighted by Crippen LogP contribution is 2.30. The number of benzene rings is 1. The number of likely N-dealkylation sites (tertiary alicyclic amines) is 1. The summed E-state index contributed by atoms with van der Waals surface area (Å²) in [6.45, 7) is 11.7. The number of carbonyl (C=O) groups excluding carboxylic acids is 6. The van der Waals surface area contributed by atoms with E-state index in [1.165, 1.54) is 18.0 Å². The molecule has 2 saturated heterocycles. The lowest BCUT2D eigenvalue weighted by atomic mass is 9.89. The van der Waals surface area contributed by atoms with Crippen LogP contribution >= 0.6 is 0 Å². The second-order valence-electron chi connectivity index (χ2n) is 19.0. The number of guanidine groups is 1. The van der Waals surface area contributed by atoms with Gasteiger partial charge in [0, 0.05) is 80.1 Å². The Bertz CT molecular complexity index is 2300. The Morgan fingerprint density at radius 1 is 0.943 bits per heavy atom. The van der Waals surface area contributed by atoms with Crippen molar-refractivity contribution in [2.45, 2.75) is 123 Å². The fourth-order valence-corrected chi connectivity index (χ4v) is 10.5. The molecule has 2 N–H and O–H groups in total. The number of rotatable bonds is 25. The molecular formula is C48H73N11O10S. The molecule has 1 aromatic carbocycles. The van der Waals surface area contributed by atoms with Crippen LogP contribution in [-0.2, 0) is 67.8 Å². The number of imide groups is 1. The van der Waals surface area contributed by atoms with Gasteiger partial charge in [0.1, 0.15) is 17.8 Å². The first kappa shape index (κ1) is 55.2. The highest BCUT2D eigenvalue weighted by molar-refractivity contribution is 7.90. The SMILES string of the molecule is CC[C@H](C)[C@@H]([C@@H](CC(=O)N1CCCC1[C@H](OC)[C@@H](C)C(=O)N[C@@H](Cc1ccccc1)C(=O)NS(=O)(=O)CCCn1cc(CN2C(=O)C=CC2=O)nn1)OC)N(C)C(=O)[C@@H](N=C1N(C)CCN1C)C(C)C. The van der Waals surface area contributed by atoms with Crippen LogP contribution in [0.15, 0.2) is 53.7 Å². The molecule has 2 fully saturated rings. The molecule has 0 radical (unpaired) electrons. The number of aromatic nitrogens is 3. The van der Waals surface area contributed by atoms with Gasteiger partial charge in [-0.2, -0.15) is 0 Å². The molecular weight excluding hydrogens is 923 g/mol. The minimum Gasteiger partial charge on any atom is -0.379 e. The number of aryl methyl sites for hydroxylation is 1. The van der Waals surface area contributed by atoms with Gasteiger partial charge in [0.05, 0.1) is 55.1 Å². The number of nitrogens with one attached hydrogen (secondary N) is 2. The summed E-state index contributed by atoms with van der Waals surface area (Å²) in [5.74, 6) is -3.52. The Morgan fingerprint density at radius 3 is 2.20 bits per heavy atom. The zero-order chi connectivity index (χ0) is 51.4. The first-order valence-electron chi connectivity index (χ1n) is 24.1. The van der Waals surface area contributed by atoms with Crippen LogP contribution in [-0.4, -0.2) is 186 Å². The maximum Gasteiger partial charge on any atom is 0.256 e. The van der Waals surface area contributed by atoms with Crippen molar-refractivity contribution in [2.75, 3.05) is 60.7 Å². The Morgan fingerprint density at radius 2 is 1.60 bits per heavy atom. The third-order valence-corrected chi connectivity index (χ3v) is 15.0. The van der Waals surface area contributed by atoms with E-state index in [1.54, 1.807) is 61.2 Å². The summed E-state index contributed by atoms with van der Waals surface area (Å²) in [4.78, 5) is 94.1. The van der Waals surface area contributed by atoms with Crippen LogP contribution in [0.25, 0.3) is 0 Å². The van der Waals surface area contributed by atoms with E-state index < -0.39 is 81.7 Å². The molecule has 8 atom stereocenters. The Hall–Kier alpha value is -5.74. The zero-order valence-corrected chi connectivity index (χ0v) is 43.1. The Kier molecular flexibility index (Phi) is 19.6. The molecule has 0 bridgehead atoms. The van der Waals surface area contributed by atoms with Gasteiger partial charge < -0.3 is 34.4 Å². The minimum absolute atomic E-state index is 0.0160. The van der Waals surface area contributed by atoms with E-state index >= 15 is 0 Å². The lowest BCUT2D eigenvalue weighted by molar-refractivity contribution is -0.146. The highest BCUT2D eigenvalue weighted by atomic mass is 32.2. The van der Waals surface area contributed by atoms with Gasteiger partial charge >= 0.3 is 0 Å². The van der Waals surface area contributed by atoms with Crippen LogP contribution in [0.2, 0.25) is 0 Å². The van der Waals surface area contributed by atoms with E-state index in [2.05, 4.69) is 20.4 Å². The predicted octanol–water partition coefficient (Wildman–Crippen LogP) is 1.44. The fourth-order valence-electron chi connectivity index (χ4n) is 9.44. The average molecular weight is 996 g/mol. The number of ether oxygens (including phenoxy) is 2. The summed E-state index contributed by atoms with van der Waals surface area (Å²) in [7, 11) is 4.50. The molecule has 70 heavy (non-hydrogen) atoms. The molecule has 0 saturated carbocycles. The number of carbonyl (C=O) groups is 6. The number of amides is 6. The van der Waals surface area contributed by atoms with Crippen molar-refractivity contribution in [1.29, 1.82) is 0 Å². The van der Waals surface area contributed by atoms with Gasteiger partial charge in [-0.3, -0.25) is 43.1 Å². The molecule has 21 nitrogen and oxygen atoms in total. The van der Waals surface area contributed by atoms with Gasteiger partial charge in [0.15, 0.2) is 5.96 Å². The number of methoxy groups -OCH3 is 2. The highest BCUT2D eigenvalue weighted by Gasteiger charge is 2.43. The third kappa shape index (κ3) is 14.0. The van der Waals surface area contributed by atoms with E-state index in [9.17, 15) is 37.2 Å². The maximum absolute atomic E-state index is 14.4. The van der Waals surface area contributed by atoms with E-state index in [0.717, 1.165) is 42.5 Å². The third-order valence-electron chi connectivity index (χ3n) is 13.6. The molecule has 0 spiro atoms. The molecule has 1 aromatic heterocycles. The number of hydrogen-bond donors (Lipinski definition) is 2. The van der Waals surface area contributed by atoms with E-state index in [4.69, 9.17) is 14.5 Å². The van der Waals surface area contributed by atoms with Crippen LogP contribution < -0.4 is 10.0 Å². The molecule has 3 aliphatic heterocycles. The van der Waals surface area contributed by atoms with Gasteiger partial charge in [-0.1, -0.05) is 76.6 Å². The van der Waals surface area contributed by atoms with E-state index in [0.29, 0.717) is 30.6 Å². The first-order valence-corrected chi connectivity index (χ1v) is 25.8. The zero-order valence-electron chi connectivity index (χ0n) is 42.3. The number of aliphatic imine (C=N–C) groups is 1. The van der Waals surface area contributed by atoms with E-state index in [-0.39, 0.29) is 56.0 Å². The molecule has 6 amide bonds. The Labute approximate surface area is 412 Å². The minimum atomic E-state index is -4.20. The van der Waals surface area contributed by atoms with Gasteiger partial charge in [-0.25, -0.2) is 13.4 Å². The van der Waals surface area contributed by atoms with Gasteiger partial charge in [0.2, 0.25) is 27.7 Å². The van der Waals surface area contributed by atoms with Crippen LogP contribution in [0.4, 0.5) is 0 Å². The lowest BCUT2D eigenvalue weighted by Crippen LogP contribution is -2.56. The maximum atomic E-state index is 14.4. The first-order chi connectivity index (χ1) is 33.2. The van der Waals surface area contributed by atoms with Crippen LogP contribution in [0, 0.1) is 17.8 Å². The summed E-state index contributed by atoms with van der Waals surface area (Å²) in [6, 6.07) is 5.96. The van der Waals surface area contributed by atoms with Gasteiger partial charge in [-0.15, -0.1) is 5.10 Å². The topological polar surface area (TPSA) is 238 Å². The lowest BCUT2D eigenvalue weighted by Gasteiger charge is -2.40. The summed E-state index contributed by atoms with van der Waals surface area (Å²) in [5.41, 5.74) is 1.01. The average Bonchev–Trinajstić information content (AvgIpc) is 4.13. The normalized spacial score (nSPS) is 19.3. The molecule has 1 unspecified atom stereocenters. The quantitative estimate of drug-likeness (QED) is 0.134. The molecule has 0 aliphatic carbocycles. The molecule has 386 valence electrons. The summed E-state index contributed by atoms with van der Waals surface area (Å²) in [6.07, 6.45) is 4.28. The largest absolute Gasteiger partial charge is 0.379 e. The molecule has 4 heterocycles. The van der Waals surface area contributed by atoms with Crippen molar-refractivity contribution in [3.05, 3.63) is 59.9 Å². The molecule has 3 aliphatic rings. The number of hydrogen-bond acceptors (Lipinski definition) is 13. The number of likely N-dealkylation sites (N-methyl/N-ethyl adjacent to an activating group) is 3. The Balaban J connectivity index is 1.24. The number of nitrogens with zero attached hydrogens (tertiary/aromatic N) is 9. The van der Waals surface area contributed by atoms with Crippen molar-refractivity contribution >= 4 is 51.4 Å². The van der Waals surface area contributed by atoms with Gasteiger partial charge in [0.25, 0.3) is 17.7 Å². The standard InChI is InChI=1S/C48H73N11O10S/c1-11-32(4)43(56(8)47(65)42(31(2)3)50-48-54(6)24-25-55(48)7)38(68-9)28-41(62)58-23-15-19-37(58)44(69-10)33(5)45(63)49-36(27-34-17-13-12-14-18-34)46(64)52-70(66,67)26-16-22-57-29-35(51-53-57)30-59-39(60)20-21-40(59)61/h12-14,17-18,20-21,29,31-33,36-38,42-44H,11,15-16,19,22-28,30H2,1-10H3,(H,49,63)(H,52,64)/t32-,33+,36-,37?,38+,42-,43-,44+/m0/s1. The molecule has 22 heteroatoms. The van der Waals surface area contributed by atoms with E-state index in [1.807, 2.05) is 51.6 Å². The van der Waals surface area contributed by atoms with Crippen LogP contribution in [0.5, 0.6) is 0 Å². The van der Waals surface area contributed by atoms with Crippen molar-refractivity contribution in [2.24, 2.45) is 22.7 Å². The van der Waals surface area contributed by atoms with Crippen LogP contribution in [0.1, 0.15) is 78.0 Å². The summed E-state index contributed by atoms with van der Waals surface area (Å²) < 4.78 is 42.1. The van der Waals surface area contributed by atoms with Crippen molar-refractivity contribution in [3.8, 4) is 0 Å². The summed E-state index contributed by atoms with van der Waals surface area (Å²) >= 11 is 0.